The van der Waals surface area contributed by atoms with Gasteiger partial charge in [0.2, 0.25) is 5.91 Å². The van der Waals surface area contributed by atoms with Crippen molar-refractivity contribution in [2.75, 3.05) is 40.9 Å². The molecule has 0 saturated carbocycles. The van der Waals surface area contributed by atoms with Gasteiger partial charge in [0.1, 0.15) is 13.2 Å². The molecule has 0 aliphatic rings. The molecule has 0 aliphatic carbocycles. The predicted molar refractivity (Wildman–Crippen MR) is 208 cm³/mol. The molecule has 0 bridgehead atoms. The van der Waals surface area contributed by atoms with Crippen molar-refractivity contribution in [1.29, 1.82) is 0 Å². The predicted octanol–water partition coefficient (Wildman–Crippen LogP) is 10.6. The Balaban J connectivity index is 4.48. The summed E-state index contributed by atoms with van der Waals surface area (Å²) < 4.78 is 23.5. The molecule has 0 rings (SSSR count). The monoisotopic (exact) mass is 716 g/mol. The third-order valence-corrected chi connectivity index (χ3v) is 9.91. The zero-order valence-electron chi connectivity index (χ0n) is 32.7. The molecule has 1 unspecified atom stereocenters. The van der Waals surface area contributed by atoms with Crippen LogP contribution in [0.25, 0.3) is 0 Å². The SMILES string of the molecule is CCCCCCCC/C=C/CCCCCCCC(=O)N[C@@H](COP(=O)(O)OCC[N+](C)(C)C)[C@H](O)CCCC/C=C/CCCCCCCC. The molecule has 3 N–H and O–H groups in total. The molecule has 8 nitrogen and oxygen atoms in total. The highest BCUT2D eigenvalue weighted by Crippen LogP contribution is 2.43. The first-order valence-electron chi connectivity index (χ1n) is 20.2. The van der Waals surface area contributed by atoms with E-state index in [4.69, 9.17) is 9.05 Å². The van der Waals surface area contributed by atoms with Crippen molar-refractivity contribution in [3.05, 3.63) is 24.3 Å². The molecule has 0 aromatic rings. The lowest BCUT2D eigenvalue weighted by atomic mass is 10.0. The minimum atomic E-state index is -4.31. The topological polar surface area (TPSA) is 105 Å². The zero-order valence-corrected chi connectivity index (χ0v) is 33.6. The molecule has 0 saturated heterocycles. The van der Waals surface area contributed by atoms with Crippen LogP contribution in [-0.2, 0) is 18.4 Å². The van der Waals surface area contributed by atoms with Crippen molar-refractivity contribution in [3.8, 4) is 0 Å². The number of phosphoric ester groups is 1. The lowest BCUT2D eigenvalue weighted by Gasteiger charge is -2.26. The van der Waals surface area contributed by atoms with Crippen molar-refractivity contribution in [2.24, 2.45) is 0 Å². The second-order valence-corrected chi connectivity index (χ2v) is 16.5. The Morgan fingerprint density at radius 2 is 1.10 bits per heavy atom. The van der Waals surface area contributed by atoms with Crippen LogP contribution in [0.15, 0.2) is 24.3 Å². The van der Waals surface area contributed by atoms with Gasteiger partial charge in [0, 0.05) is 6.42 Å². The average molecular weight is 716 g/mol. The van der Waals surface area contributed by atoms with Crippen LogP contribution >= 0.6 is 7.82 Å². The van der Waals surface area contributed by atoms with E-state index in [1.807, 2.05) is 21.1 Å². The molecule has 49 heavy (non-hydrogen) atoms. The standard InChI is InChI=1S/C40H79N2O6P/c1-6-8-10-12-14-16-18-20-21-22-24-26-28-30-32-34-40(44)41-38(37-48-49(45,46)47-36-35-42(3,4)5)39(43)33-31-29-27-25-23-19-17-15-13-11-9-7-2/h20-21,23,25,38-39,43H,6-19,22,24,26-37H2,1-5H3,(H-,41,44,45,46)/p+1/b21-20+,25-23+/t38-,39+/m0/s1. The third-order valence-electron chi connectivity index (χ3n) is 8.92. The fourth-order valence-electron chi connectivity index (χ4n) is 5.62. The summed E-state index contributed by atoms with van der Waals surface area (Å²) in [5, 5.41) is 13.9. The highest BCUT2D eigenvalue weighted by atomic mass is 31.2. The maximum absolute atomic E-state index is 12.8. The number of hydrogen-bond donors (Lipinski definition) is 3. The van der Waals surface area contributed by atoms with Gasteiger partial charge in [-0.1, -0.05) is 128 Å². The minimum Gasteiger partial charge on any atom is -0.391 e. The number of carbonyl (C=O) groups is 1. The highest BCUT2D eigenvalue weighted by Gasteiger charge is 2.28. The molecule has 3 atom stereocenters. The number of phosphoric acid groups is 1. The van der Waals surface area contributed by atoms with E-state index in [0.717, 1.165) is 57.8 Å². The van der Waals surface area contributed by atoms with Crippen LogP contribution in [-0.4, -0.2) is 73.4 Å². The van der Waals surface area contributed by atoms with Crippen LogP contribution < -0.4 is 5.32 Å². The Kier molecular flexibility index (Phi) is 32.2. The Bertz CT molecular complexity index is 860. The summed E-state index contributed by atoms with van der Waals surface area (Å²) in [6.45, 7) is 4.82. The van der Waals surface area contributed by atoms with Crippen LogP contribution in [0, 0.1) is 0 Å². The van der Waals surface area contributed by atoms with Crippen molar-refractivity contribution < 1.29 is 32.9 Å². The average Bonchev–Trinajstić information content (AvgIpc) is 3.04. The maximum Gasteiger partial charge on any atom is 0.472 e. The maximum atomic E-state index is 12.8. The van der Waals surface area contributed by atoms with Crippen LogP contribution in [0.5, 0.6) is 0 Å². The van der Waals surface area contributed by atoms with Crippen molar-refractivity contribution in [2.45, 2.75) is 187 Å². The van der Waals surface area contributed by atoms with Gasteiger partial charge in [0.05, 0.1) is 39.9 Å². The Morgan fingerprint density at radius 1 is 0.673 bits per heavy atom. The molecule has 1 amide bonds. The van der Waals surface area contributed by atoms with Crippen LogP contribution in [0.3, 0.4) is 0 Å². The van der Waals surface area contributed by atoms with Gasteiger partial charge in [0.15, 0.2) is 0 Å². The van der Waals surface area contributed by atoms with Crippen molar-refractivity contribution >= 4 is 13.7 Å². The summed E-state index contributed by atoms with van der Waals surface area (Å²) >= 11 is 0. The number of allylic oxidation sites excluding steroid dienone is 4. The van der Waals surface area contributed by atoms with E-state index in [1.54, 1.807) is 0 Å². The van der Waals surface area contributed by atoms with Gasteiger partial charge >= 0.3 is 7.82 Å². The van der Waals surface area contributed by atoms with Gasteiger partial charge in [-0.2, -0.15) is 0 Å². The molecule has 0 aliphatic heterocycles. The molecule has 0 radical (unpaired) electrons. The second kappa shape index (κ2) is 32.9. The first-order chi connectivity index (χ1) is 23.5. The number of carbonyl (C=O) groups excluding carboxylic acids is 1. The quantitative estimate of drug-likeness (QED) is 0.0258. The third kappa shape index (κ3) is 35.2. The molecular formula is C40H80N2O6P+. The first-order valence-corrected chi connectivity index (χ1v) is 21.7. The number of nitrogens with one attached hydrogen (secondary N) is 1. The Morgan fingerprint density at radius 3 is 1.57 bits per heavy atom. The normalized spacial score (nSPS) is 14.8. The molecule has 0 spiro atoms. The van der Waals surface area contributed by atoms with Gasteiger partial charge in [-0.15, -0.1) is 0 Å². The summed E-state index contributed by atoms with van der Waals surface area (Å²) in [6, 6.07) is -0.777. The van der Waals surface area contributed by atoms with Gasteiger partial charge in [-0.25, -0.2) is 4.57 Å². The summed E-state index contributed by atoms with van der Waals surface area (Å²) in [7, 11) is 1.59. The first kappa shape index (κ1) is 48.0. The number of quaternary nitrogens is 1. The number of amides is 1. The molecule has 0 fully saturated rings. The number of unbranched alkanes of at least 4 members (excludes halogenated alkanes) is 19. The lowest BCUT2D eigenvalue weighted by molar-refractivity contribution is -0.870. The van der Waals surface area contributed by atoms with E-state index in [9.17, 15) is 19.4 Å². The summed E-state index contributed by atoms with van der Waals surface area (Å²) in [6.07, 6.45) is 36.3. The number of nitrogens with zero attached hydrogens (tertiary/aromatic N) is 1. The van der Waals surface area contributed by atoms with E-state index >= 15 is 0 Å². The van der Waals surface area contributed by atoms with Gasteiger partial charge in [-0.3, -0.25) is 13.8 Å². The van der Waals surface area contributed by atoms with Gasteiger partial charge in [0.25, 0.3) is 0 Å². The van der Waals surface area contributed by atoms with Gasteiger partial charge < -0.3 is 19.8 Å². The van der Waals surface area contributed by atoms with Crippen LogP contribution in [0.4, 0.5) is 0 Å². The Labute approximate surface area is 303 Å². The molecule has 290 valence electrons. The highest BCUT2D eigenvalue weighted by molar-refractivity contribution is 7.47. The number of aliphatic hydroxyl groups is 1. The van der Waals surface area contributed by atoms with E-state index in [-0.39, 0.29) is 19.1 Å². The molecule has 0 aromatic heterocycles. The van der Waals surface area contributed by atoms with Crippen LogP contribution in [0.2, 0.25) is 0 Å². The van der Waals surface area contributed by atoms with E-state index < -0.39 is 20.0 Å². The van der Waals surface area contributed by atoms with Crippen LogP contribution in [0.1, 0.15) is 174 Å². The summed E-state index contributed by atoms with van der Waals surface area (Å²) in [4.78, 5) is 23.0. The molecule has 0 aromatic carbocycles. The number of rotatable bonds is 36. The number of likely N-dealkylation sites (N-methyl/N-ethyl adjacent to an activating group) is 1. The number of aliphatic hydroxyl groups excluding tert-OH is 1. The van der Waals surface area contributed by atoms with E-state index in [1.165, 1.54) is 89.9 Å². The smallest absolute Gasteiger partial charge is 0.391 e. The molecule has 9 heteroatoms. The largest absolute Gasteiger partial charge is 0.472 e. The van der Waals surface area contributed by atoms with Crippen molar-refractivity contribution in [1.82, 2.24) is 5.32 Å². The fourth-order valence-corrected chi connectivity index (χ4v) is 6.36. The fraction of sp³-hybridized carbons (Fsp3) is 0.875. The Hall–Kier alpha value is -1.02. The lowest BCUT2D eigenvalue weighted by Crippen LogP contribution is -2.46. The molecule has 0 heterocycles. The second-order valence-electron chi connectivity index (χ2n) is 15.0. The summed E-state index contributed by atoms with van der Waals surface area (Å²) in [5.74, 6) is -0.165. The molecular weight excluding hydrogens is 635 g/mol. The minimum absolute atomic E-state index is 0.0682. The number of hydrogen-bond acceptors (Lipinski definition) is 5. The summed E-state index contributed by atoms with van der Waals surface area (Å²) in [5.41, 5.74) is 0. The van der Waals surface area contributed by atoms with E-state index in [2.05, 4.69) is 43.5 Å². The van der Waals surface area contributed by atoms with Crippen molar-refractivity contribution in [3.63, 3.8) is 0 Å². The zero-order chi connectivity index (χ0) is 36.5. The van der Waals surface area contributed by atoms with Gasteiger partial charge in [-0.05, 0) is 64.2 Å². The van der Waals surface area contributed by atoms with E-state index in [0.29, 0.717) is 23.9 Å².